The molecular formula is C20H18BrN3O5S. The number of benzene rings is 1. The molecule has 0 saturated carbocycles. The maximum Gasteiger partial charge on any atom is 0.341 e. The minimum atomic E-state index is -0.671. The van der Waals surface area contributed by atoms with E-state index in [4.69, 9.17) is 14.6 Å². The Hall–Kier alpha value is -2.98. The quantitative estimate of drug-likeness (QED) is 0.539. The van der Waals surface area contributed by atoms with E-state index < -0.39 is 11.9 Å². The minimum Gasteiger partial charge on any atom is -0.465 e. The average molecular weight is 492 g/mol. The highest BCUT2D eigenvalue weighted by molar-refractivity contribution is 9.10. The molecule has 0 aliphatic carbocycles. The topological polar surface area (TPSA) is 113 Å². The third-order valence-corrected chi connectivity index (χ3v) is 6.03. The largest absolute Gasteiger partial charge is 0.465 e. The van der Waals surface area contributed by atoms with Crippen LogP contribution >= 0.6 is 27.3 Å². The van der Waals surface area contributed by atoms with Crippen molar-refractivity contribution in [3.05, 3.63) is 55.9 Å². The first-order valence-corrected chi connectivity index (χ1v) is 10.3. The Morgan fingerprint density at radius 1 is 1.23 bits per heavy atom. The van der Waals surface area contributed by atoms with Gasteiger partial charge in [-0.2, -0.15) is 0 Å². The van der Waals surface area contributed by atoms with Gasteiger partial charge in [-0.05, 0) is 36.8 Å². The predicted octanol–water partition coefficient (Wildman–Crippen LogP) is 3.79. The van der Waals surface area contributed by atoms with E-state index in [1.807, 2.05) is 0 Å². The van der Waals surface area contributed by atoms with Gasteiger partial charge in [-0.25, -0.2) is 4.79 Å². The van der Waals surface area contributed by atoms with E-state index in [1.165, 1.54) is 18.1 Å². The number of esters is 1. The number of ether oxygens (including phenoxy) is 1. The molecule has 2 heterocycles. The number of rotatable bonds is 4. The van der Waals surface area contributed by atoms with Crippen molar-refractivity contribution in [2.24, 2.45) is 0 Å². The molecule has 0 saturated heterocycles. The number of hydrogen-bond acceptors (Lipinski definition) is 7. The van der Waals surface area contributed by atoms with Crippen molar-refractivity contribution in [1.82, 2.24) is 4.90 Å². The molecule has 0 fully saturated rings. The number of carbonyl (C=O) groups is 3. The summed E-state index contributed by atoms with van der Waals surface area (Å²) < 4.78 is 11.1. The number of fused-ring (bicyclic) bond motifs is 1. The summed E-state index contributed by atoms with van der Waals surface area (Å²) in [7, 11) is 4.41. The van der Waals surface area contributed by atoms with Gasteiger partial charge >= 0.3 is 5.97 Å². The molecule has 0 bridgehead atoms. The lowest BCUT2D eigenvalue weighted by Crippen LogP contribution is -2.21. The third kappa shape index (κ3) is 4.01. The van der Waals surface area contributed by atoms with Gasteiger partial charge in [-0.3, -0.25) is 15.0 Å². The number of amides is 2. The highest BCUT2D eigenvalue weighted by atomic mass is 79.9. The van der Waals surface area contributed by atoms with E-state index in [0.717, 1.165) is 15.8 Å². The predicted molar refractivity (Wildman–Crippen MR) is 116 cm³/mol. The molecule has 3 aromatic rings. The molecule has 0 aliphatic heterocycles. The summed E-state index contributed by atoms with van der Waals surface area (Å²) in [6, 6.07) is 6.76. The Labute approximate surface area is 184 Å². The van der Waals surface area contributed by atoms with Gasteiger partial charge in [0, 0.05) is 24.0 Å². The maximum atomic E-state index is 12.9. The fourth-order valence-corrected chi connectivity index (χ4v) is 4.40. The molecule has 2 amide bonds. The summed E-state index contributed by atoms with van der Waals surface area (Å²) in [6.45, 7) is 1.62. The lowest BCUT2D eigenvalue weighted by molar-refractivity contribution is 0.0601. The van der Waals surface area contributed by atoms with Crippen LogP contribution in [0, 0.1) is 12.3 Å². The Morgan fingerprint density at radius 2 is 1.93 bits per heavy atom. The van der Waals surface area contributed by atoms with Crippen LogP contribution in [-0.2, 0) is 4.74 Å². The molecule has 3 rings (SSSR count). The molecule has 0 atom stereocenters. The van der Waals surface area contributed by atoms with Gasteiger partial charge in [0.2, 0.25) is 5.55 Å². The van der Waals surface area contributed by atoms with Crippen LogP contribution < -0.4 is 10.9 Å². The van der Waals surface area contributed by atoms with Crippen molar-refractivity contribution in [2.45, 2.75) is 6.92 Å². The van der Waals surface area contributed by atoms with Crippen LogP contribution in [-0.4, -0.2) is 43.9 Å². The first kappa shape index (κ1) is 21.7. The summed E-state index contributed by atoms with van der Waals surface area (Å²) in [5.74, 6) is -1.61. The summed E-state index contributed by atoms with van der Waals surface area (Å²) in [4.78, 5) is 39.4. The molecule has 0 radical (unpaired) electrons. The van der Waals surface area contributed by atoms with Crippen LogP contribution in [0.15, 0.2) is 33.2 Å². The molecule has 0 unspecified atom stereocenters. The maximum absolute atomic E-state index is 12.9. The van der Waals surface area contributed by atoms with E-state index in [-0.39, 0.29) is 27.6 Å². The zero-order valence-corrected chi connectivity index (χ0v) is 19.0. The van der Waals surface area contributed by atoms with Gasteiger partial charge in [0.05, 0.1) is 17.6 Å². The van der Waals surface area contributed by atoms with Crippen molar-refractivity contribution in [3.8, 4) is 0 Å². The number of halogens is 1. The van der Waals surface area contributed by atoms with E-state index in [1.54, 1.807) is 39.2 Å². The van der Waals surface area contributed by atoms with Gasteiger partial charge in [-0.1, -0.05) is 15.9 Å². The van der Waals surface area contributed by atoms with E-state index in [9.17, 15) is 14.4 Å². The number of anilines is 1. The van der Waals surface area contributed by atoms with Crippen LogP contribution in [0.4, 0.5) is 5.00 Å². The molecule has 156 valence electrons. The number of nitrogens with one attached hydrogen (secondary N) is 2. The summed E-state index contributed by atoms with van der Waals surface area (Å²) >= 11 is 4.34. The molecular weight excluding hydrogens is 474 g/mol. The summed E-state index contributed by atoms with van der Waals surface area (Å²) in [6.07, 6.45) is 0. The number of nitrogens with zero attached hydrogens (tertiary/aromatic N) is 1. The molecule has 8 nitrogen and oxygen atoms in total. The normalized spacial score (nSPS) is 10.7. The number of hydrogen-bond donors (Lipinski definition) is 2. The second kappa shape index (κ2) is 8.41. The number of methoxy groups -OCH3 is 1. The fourth-order valence-electron chi connectivity index (χ4n) is 2.81. The molecule has 30 heavy (non-hydrogen) atoms. The van der Waals surface area contributed by atoms with Crippen molar-refractivity contribution in [2.75, 3.05) is 26.5 Å². The van der Waals surface area contributed by atoms with Gasteiger partial charge in [0.25, 0.3) is 11.8 Å². The molecule has 10 heteroatoms. The minimum absolute atomic E-state index is 0.0112. The van der Waals surface area contributed by atoms with E-state index in [0.29, 0.717) is 21.4 Å². The Morgan fingerprint density at radius 3 is 2.57 bits per heavy atom. The third-order valence-electron chi connectivity index (χ3n) is 4.34. The van der Waals surface area contributed by atoms with Crippen LogP contribution in [0.1, 0.15) is 36.0 Å². The standard InChI is InChI=1S/C20H18BrN3O5S/c1-9-14(20(27)28-4)18(30-15(9)19(26)24(2)3)23-17(25)12-8-10-7-11(21)5-6-13(10)29-16(12)22/h5-8,22H,1-4H3,(H,23,25). The van der Waals surface area contributed by atoms with Crippen molar-refractivity contribution < 1.29 is 23.5 Å². The fraction of sp³-hybridized carbons (Fsp3) is 0.200. The van der Waals surface area contributed by atoms with Gasteiger partial charge < -0.3 is 19.4 Å². The first-order chi connectivity index (χ1) is 14.1. The smallest absolute Gasteiger partial charge is 0.341 e. The first-order valence-electron chi connectivity index (χ1n) is 8.66. The van der Waals surface area contributed by atoms with Crippen molar-refractivity contribution >= 4 is 61.0 Å². The van der Waals surface area contributed by atoms with Crippen LogP contribution in [0.25, 0.3) is 11.0 Å². The second-order valence-corrected chi connectivity index (χ2v) is 8.51. The molecule has 0 spiro atoms. The average Bonchev–Trinajstić information content (AvgIpc) is 3.02. The van der Waals surface area contributed by atoms with Crippen molar-refractivity contribution in [3.63, 3.8) is 0 Å². The molecule has 2 N–H and O–H groups in total. The van der Waals surface area contributed by atoms with Gasteiger partial charge in [0.1, 0.15) is 16.1 Å². The van der Waals surface area contributed by atoms with Crippen molar-refractivity contribution in [1.29, 1.82) is 5.41 Å². The summed E-state index contributed by atoms with van der Waals surface area (Å²) in [5.41, 5.74) is 0.649. The lowest BCUT2D eigenvalue weighted by Gasteiger charge is -2.08. The van der Waals surface area contributed by atoms with E-state index >= 15 is 0 Å². The van der Waals surface area contributed by atoms with Crippen LogP contribution in [0.5, 0.6) is 0 Å². The number of thiophene rings is 1. The second-order valence-electron chi connectivity index (χ2n) is 6.58. The Kier molecular flexibility index (Phi) is 6.09. The lowest BCUT2D eigenvalue weighted by atomic mass is 10.1. The molecule has 2 aromatic heterocycles. The van der Waals surface area contributed by atoms with Gasteiger partial charge in [-0.15, -0.1) is 11.3 Å². The van der Waals surface area contributed by atoms with Crippen LogP contribution in [0.3, 0.4) is 0 Å². The highest BCUT2D eigenvalue weighted by Crippen LogP contribution is 2.34. The number of carbonyl (C=O) groups excluding carboxylic acids is 3. The Balaban J connectivity index is 2.06. The van der Waals surface area contributed by atoms with E-state index in [2.05, 4.69) is 21.2 Å². The Bertz CT molecular complexity index is 1250. The van der Waals surface area contributed by atoms with Gasteiger partial charge in [0.15, 0.2) is 0 Å². The SMILES string of the molecule is COC(=O)c1c(NC(=O)c2cc3cc(Br)ccc3oc2=N)sc(C(=O)N(C)C)c1C. The zero-order chi connectivity index (χ0) is 22.2. The zero-order valence-electron chi connectivity index (χ0n) is 16.6. The van der Waals surface area contributed by atoms with Crippen LogP contribution in [0.2, 0.25) is 0 Å². The molecule has 1 aromatic carbocycles. The highest BCUT2D eigenvalue weighted by Gasteiger charge is 2.27. The summed E-state index contributed by atoms with van der Waals surface area (Å²) in [5, 5.41) is 11.5. The monoisotopic (exact) mass is 491 g/mol. The molecule has 0 aliphatic rings.